The first-order valence-electron chi connectivity index (χ1n) is 12.5. The van der Waals surface area contributed by atoms with Crippen molar-refractivity contribution in [1.82, 2.24) is 19.8 Å². The summed E-state index contributed by atoms with van der Waals surface area (Å²) in [5, 5.41) is 0. The number of piperidine rings is 1. The largest absolute Gasteiger partial charge is 0.341 e. The van der Waals surface area contributed by atoms with Crippen molar-refractivity contribution in [2.75, 3.05) is 44.2 Å². The fraction of sp³-hybridized carbons (Fsp3) is 0.519. The average Bonchev–Trinajstić information content (AvgIpc) is 3.35. The lowest BCUT2D eigenvalue weighted by molar-refractivity contribution is -0.144. The number of hydrogen-bond donors (Lipinski definition) is 0. The lowest BCUT2D eigenvalue weighted by atomic mass is 9.76. The molecule has 1 aromatic carbocycles. The Labute approximate surface area is 197 Å². The van der Waals surface area contributed by atoms with E-state index in [2.05, 4.69) is 56.1 Å². The van der Waals surface area contributed by atoms with Crippen LogP contribution in [0.1, 0.15) is 43.4 Å². The zero-order valence-corrected chi connectivity index (χ0v) is 19.5. The number of allylic oxidation sites excluding steroid dienone is 1. The summed E-state index contributed by atoms with van der Waals surface area (Å²) in [4.78, 5) is 30.0. The van der Waals surface area contributed by atoms with Crippen LogP contribution in [0, 0.1) is 5.41 Å². The van der Waals surface area contributed by atoms with Gasteiger partial charge in [-0.1, -0.05) is 42.5 Å². The van der Waals surface area contributed by atoms with Gasteiger partial charge in [0.15, 0.2) is 0 Å². The van der Waals surface area contributed by atoms with Crippen molar-refractivity contribution in [2.45, 2.75) is 45.1 Å². The van der Waals surface area contributed by atoms with E-state index in [4.69, 9.17) is 4.98 Å². The van der Waals surface area contributed by atoms with Gasteiger partial charge >= 0.3 is 0 Å². The van der Waals surface area contributed by atoms with Crippen LogP contribution >= 0.6 is 0 Å². The highest BCUT2D eigenvalue weighted by Gasteiger charge is 2.44. The normalized spacial score (nSPS) is 23.9. The summed E-state index contributed by atoms with van der Waals surface area (Å²) < 4.78 is 0. The zero-order chi connectivity index (χ0) is 22.5. The molecule has 174 valence electrons. The van der Waals surface area contributed by atoms with Crippen molar-refractivity contribution < 1.29 is 4.79 Å². The van der Waals surface area contributed by atoms with E-state index >= 15 is 0 Å². The Hall–Kier alpha value is -2.73. The molecule has 1 atom stereocenters. The number of anilines is 1. The molecule has 1 amide bonds. The minimum absolute atomic E-state index is 0.313. The molecule has 2 saturated heterocycles. The fourth-order valence-corrected chi connectivity index (χ4v) is 5.59. The van der Waals surface area contributed by atoms with E-state index in [1.54, 1.807) is 0 Å². The summed E-state index contributed by atoms with van der Waals surface area (Å²) in [5.41, 5.74) is 2.03. The number of aromatic nitrogens is 2. The molecular formula is C27H35N5O. The smallest absolute Gasteiger partial charge is 0.230 e. The predicted molar refractivity (Wildman–Crippen MR) is 131 cm³/mol. The van der Waals surface area contributed by atoms with Crippen molar-refractivity contribution in [1.29, 1.82) is 0 Å². The third-order valence-corrected chi connectivity index (χ3v) is 7.39. The molecule has 0 radical (unpaired) electrons. The molecule has 1 unspecified atom stereocenters. The van der Waals surface area contributed by atoms with Crippen LogP contribution in [-0.2, 0) is 17.8 Å². The molecule has 1 aromatic heterocycles. The van der Waals surface area contributed by atoms with Gasteiger partial charge in [0.25, 0.3) is 0 Å². The number of amides is 1. The maximum Gasteiger partial charge on any atom is 0.230 e. The van der Waals surface area contributed by atoms with Crippen LogP contribution < -0.4 is 4.90 Å². The second-order valence-electron chi connectivity index (χ2n) is 9.80. The minimum atomic E-state index is -0.313. The highest BCUT2D eigenvalue weighted by molar-refractivity contribution is 5.84. The highest BCUT2D eigenvalue weighted by atomic mass is 16.2. The third-order valence-electron chi connectivity index (χ3n) is 7.39. The lowest BCUT2D eigenvalue weighted by Gasteiger charge is -2.43. The van der Waals surface area contributed by atoms with Gasteiger partial charge < -0.3 is 9.80 Å². The molecule has 0 bridgehead atoms. The van der Waals surface area contributed by atoms with E-state index in [-0.39, 0.29) is 5.41 Å². The van der Waals surface area contributed by atoms with Crippen LogP contribution in [0.5, 0.6) is 0 Å². The summed E-state index contributed by atoms with van der Waals surface area (Å²) in [6.45, 7) is 6.21. The van der Waals surface area contributed by atoms with Crippen molar-refractivity contribution in [3.63, 3.8) is 0 Å². The van der Waals surface area contributed by atoms with Gasteiger partial charge in [0.05, 0.1) is 11.1 Å². The Morgan fingerprint density at radius 1 is 0.970 bits per heavy atom. The first-order chi connectivity index (χ1) is 16.2. The van der Waals surface area contributed by atoms with Crippen molar-refractivity contribution >= 4 is 11.9 Å². The first-order valence-corrected chi connectivity index (χ1v) is 12.5. The molecule has 6 heteroatoms. The summed E-state index contributed by atoms with van der Waals surface area (Å²) >= 11 is 0. The SMILES string of the molecule is O=C1N(CCc2ccccc2)CC=CCC12CCCN(Cc1ccnc(N3CCCC3)n1)C2. The Balaban J connectivity index is 1.26. The van der Waals surface area contributed by atoms with Gasteiger partial charge in [0.2, 0.25) is 11.9 Å². The molecule has 0 saturated carbocycles. The van der Waals surface area contributed by atoms with E-state index in [1.165, 1.54) is 18.4 Å². The molecule has 3 aliphatic heterocycles. The van der Waals surface area contributed by atoms with Crippen molar-refractivity contribution in [3.8, 4) is 0 Å². The molecule has 2 aromatic rings. The molecule has 2 fully saturated rings. The number of nitrogens with zero attached hydrogens (tertiary/aromatic N) is 5. The van der Waals surface area contributed by atoms with Gasteiger partial charge in [0, 0.05) is 45.5 Å². The second kappa shape index (κ2) is 10.0. The van der Waals surface area contributed by atoms with Gasteiger partial charge in [0.1, 0.15) is 0 Å². The van der Waals surface area contributed by atoms with Crippen LogP contribution in [0.4, 0.5) is 5.95 Å². The summed E-state index contributed by atoms with van der Waals surface area (Å²) in [7, 11) is 0. The fourth-order valence-electron chi connectivity index (χ4n) is 5.59. The molecule has 1 spiro atoms. The van der Waals surface area contributed by atoms with Crippen molar-refractivity contribution in [2.24, 2.45) is 5.41 Å². The van der Waals surface area contributed by atoms with Gasteiger partial charge in [-0.2, -0.15) is 0 Å². The van der Waals surface area contributed by atoms with E-state index in [0.717, 1.165) is 83.1 Å². The zero-order valence-electron chi connectivity index (χ0n) is 19.5. The van der Waals surface area contributed by atoms with E-state index < -0.39 is 0 Å². The van der Waals surface area contributed by atoms with E-state index in [1.807, 2.05) is 18.3 Å². The number of hydrogen-bond acceptors (Lipinski definition) is 5. The van der Waals surface area contributed by atoms with Gasteiger partial charge in [-0.3, -0.25) is 9.69 Å². The quantitative estimate of drug-likeness (QED) is 0.635. The maximum atomic E-state index is 13.8. The number of benzene rings is 1. The van der Waals surface area contributed by atoms with E-state index in [0.29, 0.717) is 5.91 Å². The summed E-state index contributed by atoms with van der Waals surface area (Å²) in [6.07, 6.45) is 12.5. The monoisotopic (exact) mass is 445 g/mol. The van der Waals surface area contributed by atoms with Gasteiger partial charge in [-0.15, -0.1) is 0 Å². The molecule has 0 aliphatic carbocycles. The first kappa shape index (κ1) is 22.1. The lowest BCUT2D eigenvalue weighted by Crippen LogP contribution is -2.52. The minimum Gasteiger partial charge on any atom is -0.341 e. The standard InChI is InChI=1S/C27H35N5O/c33-25-27(13-4-5-17-31(25)20-12-23-9-2-1-3-10-23)14-8-16-30(22-27)21-24-11-15-28-26(29-24)32-18-6-7-19-32/h1-5,9-11,15H,6-8,12-14,16-22H2. The molecule has 4 heterocycles. The third kappa shape index (κ3) is 5.11. The number of carbonyl (C=O) groups is 1. The Bertz CT molecular complexity index is 971. The summed E-state index contributed by atoms with van der Waals surface area (Å²) in [5.74, 6) is 1.19. The molecule has 3 aliphatic rings. The molecule has 5 rings (SSSR count). The Morgan fingerprint density at radius 3 is 2.67 bits per heavy atom. The molecular weight excluding hydrogens is 410 g/mol. The number of carbonyl (C=O) groups excluding carboxylic acids is 1. The van der Waals surface area contributed by atoms with Crippen LogP contribution in [0.15, 0.2) is 54.7 Å². The molecule has 0 N–H and O–H groups in total. The second-order valence-corrected chi connectivity index (χ2v) is 9.80. The van der Waals surface area contributed by atoms with E-state index in [9.17, 15) is 4.79 Å². The predicted octanol–water partition coefficient (Wildman–Crippen LogP) is 3.69. The molecule has 6 nitrogen and oxygen atoms in total. The van der Waals surface area contributed by atoms with Gasteiger partial charge in [-0.05, 0) is 56.7 Å². The number of rotatable bonds is 6. The highest BCUT2D eigenvalue weighted by Crippen LogP contribution is 2.38. The van der Waals surface area contributed by atoms with Crippen LogP contribution in [0.3, 0.4) is 0 Å². The van der Waals surface area contributed by atoms with Crippen LogP contribution in [0.25, 0.3) is 0 Å². The summed E-state index contributed by atoms with van der Waals surface area (Å²) in [6, 6.07) is 12.5. The average molecular weight is 446 g/mol. The Morgan fingerprint density at radius 2 is 1.82 bits per heavy atom. The van der Waals surface area contributed by atoms with Crippen LogP contribution in [-0.4, -0.2) is 64.9 Å². The topological polar surface area (TPSA) is 52.6 Å². The Kier molecular flexibility index (Phi) is 6.72. The van der Waals surface area contributed by atoms with Crippen LogP contribution in [0.2, 0.25) is 0 Å². The van der Waals surface area contributed by atoms with Gasteiger partial charge in [-0.25, -0.2) is 9.97 Å². The van der Waals surface area contributed by atoms with Crippen molar-refractivity contribution in [3.05, 3.63) is 66.0 Å². The maximum absolute atomic E-state index is 13.8. The molecule has 33 heavy (non-hydrogen) atoms. The number of likely N-dealkylation sites (tertiary alicyclic amines) is 1.